The Balaban J connectivity index is 0.000000357. The van der Waals surface area contributed by atoms with Crippen LogP contribution in [0.1, 0.15) is 29.9 Å². The van der Waals surface area contributed by atoms with Gasteiger partial charge in [-0.2, -0.15) is 36.0 Å². The average molecular weight is 326 g/mol. The van der Waals surface area contributed by atoms with E-state index in [4.69, 9.17) is 0 Å². The number of aromatic amines is 1. The summed E-state index contributed by atoms with van der Waals surface area (Å²) in [5.74, 6) is 0.756. The van der Waals surface area contributed by atoms with E-state index >= 15 is 0 Å². The van der Waals surface area contributed by atoms with E-state index in [0.717, 1.165) is 5.92 Å². The van der Waals surface area contributed by atoms with Gasteiger partial charge in [0, 0.05) is 0 Å². The predicted octanol–water partition coefficient (Wildman–Crippen LogP) is -2.52. The number of hydrogen-bond donors (Lipinski definition) is 1. The summed E-state index contributed by atoms with van der Waals surface area (Å²) in [6.45, 7) is 0. The third kappa shape index (κ3) is 4.00. The summed E-state index contributed by atoms with van der Waals surface area (Å²) < 4.78 is 0. The number of rotatable bonds is 0. The van der Waals surface area contributed by atoms with Crippen LogP contribution in [0.3, 0.4) is 0 Å². The van der Waals surface area contributed by atoms with Crippen molar-refractivity contribution in [2.24, 2.45) is 0 Å². The molecule has 1 saturated carbocycles. The van der Waals surface area contributed by atoms with Gasteiger partial charge in [0.1, 0.15) is 0 Å². The van der Waals surface area contributed by atoms with E-state index in [2.05, 4.69) is 41.5 Å². The summed E-state index contributed by atoms with van der Waals surface area (Å²) in [7, 11) is 0. The van der Waals surface area contributed by atoms with Gasteiger partial charge in [0.05, 0.1) is 0 Å². The summed E-state index contributed by atoms with van der Waals surface area (Å²) in [4.78, 5) is 2.74. The van der Waals surface area contributed by atoms with E-state index in [1.807, 2.05) is 18.3 Å². The molecule has 1 N–H and O–H groups in total. The van der Waals surface area contributed by atoms with Gasteiger partial charge < -0.3 is 29.8 Å². The molecule has 4 rings (SSSR count). The van der Waals surface area contributed by atoms with Crippen molar-refractivity contribution in [3.63, 3.8) is 0 Å². The molecular formula is C15H13Cl2NTi. The van der Waals surface area contributed by atoms with E-state index in [0.29, 0.717) is 0 Å². The molecule has 0 radical (unpaired) electrons. The zero-order valence-electron chi connectivity index (χ0n) is 10.3. The van der Waals surface area contributed by atoms with Crippen LogP contribution in [0.15, 0.2) is 48.2 Å². The van der Waals surface area contributed by atoms with Crippen LogP contribution in [0.4, 0.5) is 0 Å². The van der Waals surface area contributed by atoms with Crippen molar-refractivity contribution in [2.75, 3.05) is 0 Å². The Morgan fingerprint density at radius 2 is 1.89 bits per heavy atom. The number of allylic oxidation sites excluding steroid dienone is 1. The van der Waals surface area contributed by atoms with Gasteiger partial charge in [-0.05, 0) is 6.42 Å². The number of fused-ring (bicyclic) bond motifs is 3. The first-order valence-electron chi connectivity index (χ1n) is 5.66. The van der Waals surface area contributed by atoms with Crippen molar-refractivity contribution in [1.82, 2.24) is 4.98 Å². The molecule has 4 heteroatoms. The molecule has 0 spiro atoms. The van der Waals surface area contributed by atoms with Crippen molar-refractivity contribution in [3.05, 3.63) is 71.6 Å². The molecule has 1 heterocycles. The van der Waals surface area contributed by atoms with Gasteiger partial charge >= 0.3 is 21.7 Å². The summed E-state index contributed by atoms with van der Waals surface area (Å²) >= 11 is 0. The first kappa shape index (κ1) is 18.5. The molecule has 96 valence electrons. The Labute approximate surface area is 141 Å². The van der Waals surface area contributed by atoms with E-state index in [1.54, 1.807) is 0 Å². The number of H-pyrrole nitrogens is 1. The number of benzene rings is 1. The van der Waals surface area contributed by atoms with Crippen LogP contribution < -0.4 is 24.8 Å². The van der Waals surface area contributed by atoms with Crippen molar-refractivity contribution in [2.45, 2.75) is 18.8 Å². The van der Waals surface area contributed by atoms with Crippen LogP contribution in [-0.4, -0.2) is 4.98 Å². The van der Waals surface area contributed by atoms with Crippen molar-refractivity contribution in [3.8, 4) is 0 Å². The molecule has 2 aromatic rings. The molecule has 2 aliphatic carbocycles. The molecule has 0 bridgehead atoms. The molecule has 0 amide bonds. The monoisotopic (exact) mass is 325 g/mol. The number of aromatic nitrogens is 1. The fourth-order valence-electron chi connectivity index (χ4n) is 2.25. The second kappa shape index (κ2) is 8.65. The maximum Gasteiger partial charge on any atom is 4.00 e. The van der Waals surface area contributed by atoms with Crippen LogP contribution in [0.2, 0.25) is 0 Å². The Morgan fingerprint density at radius 3 is 2.42 bits per heavy atom. The third-order valence-electron chi connectivity index (χ3n) is 3.20. The van der Waals surface area contributed by atoms with Crippen LogP contribution in [0.25, 0.3) is 0 Å². The molecule has 0 aliphatic heterocycles. The Morgan fingerprint density at radius 1 is 1.11 bits per heavy atom. The largest absolute Gasteiger partial charge is 4.00 e. The molecule has 1 nitrogen and oxygen atoms in total. The minimum absolute atomic E-state index is 0. The maximum absolute atomic E-state index is 3.45. The first-order chi connectivity index (χ1) is 7.95. The zero-order chi connectivity index (χ0) is 10.8. The maximum atomic E-state index is 3.45. The standard InChI is InChI=1S/C11H9.C4H4N.2ClH.Ti/c1-2-4-10-8(3-1)7-9-5-6-11(9)10;1-2-4-5-3-1;;;/h1-4,11H,5-6H2;1-3,5H;2*1H;/q2*-1;;;+4/p-2. The van der Waals surface area contributed by atoms with Crippen LogP contribution in [-0.2, 0) is 21.7 Å². The van der Waals surface area contributed by atoms with Gasteiger partial charge in [-0.1, -0.05) is 18.4 Å². The van der Waals surface area contributed by atoms with E-state index < -0.39 is 0 Å². The predicted molar refractivity (Wildman–Crippen MR) is 63.9 cm³/mol. The smallest absolute Gasteiger partial charge is 1.00 e. The van der Waals surface area contributed by atoms with Crippen LogP contribution in [0, 0.1) is 12.3 Å². The Hall–Kier alpha value is -0.466. The van der Waals surface area contributed by atoms with Crippen molar-refractivity contribution in [1.29, 1.82) is 0 Å². The topological polar surface area (TPSA) is 15.8 Å². The summed E-state index contributed by atoms with van der Waals surface area (Å²) in [5.41, 5.74) is 4.38. The molecule has 1 aromatic carbocycles. The van der Waals surface area contributed by atoms with Gasteiger partial charge in [0.25, 0.3) is 0 Å². The SMILES string of the molecule is [C-]1=C2CCC2c2ccccc21.[Cl-].[Cl-].[Ti+4].[c-]1ccc[nH]1. The molecular weight excluding hydrogens is 313 g/mol. The first-order valence-corrected chi connectivity index (χ1v) is 5.66. The van der Waals surface area contributed by atoms with E-state index in [9.17, 15) is 0 Å². The van der Waals surface area contributed by atoms with Gasteiger partial charge in [0.15, 0.2) is 0 Å². The summed E-state index contributed by atoms with van der Waals surface area (Å²) in [5, 5.41) is 0. The van der Waals surface area contributed by atoms with Gasteiger partial charge in [-0.25, -0.2) is 0 Å². The zero-order valence-corrected chi connectivity index (χ0v) is 13.4. The number of halogens is 2. The van der Waals surface area contributed by atoms with Crippen LogP contribution >= 0.6 is 0 Å². The summed E-state index contributed by atoms with van der Waals surface area (Å²) in [6, 6.07) is 12.3. The molecule has 19 heavy (non-hydrogen) atoms. The normalized spacial score (nSPS) is 16.6. The Bertz CT molecular complexity index is 491. The number of nitrogens with one attached hydrogen (secondary N) is 1. The van der Waals surface area contributed by atoms with Gasteiger partial charge in [-0.15, -0.1) is 29.5 Å². The molecule has 1 aromatic heterocycles. The molecule has 0 saturated heterocycles. The van der Waals surface area contributed by atoms with E-state index in [1.165, 1.54) is 29.5 Å². The van der Waals surface area contributed by atoms with Crippen LogP contribution in [0.5, 0.6) is 0 Å². The average Bonchev–Trinajstić information content (AvgIpc) is 2.90. The minimum Gasteiger partial charge on any atom is -1.00 e. The minimum atomic E-state index is 0. The van der Waals surface area contributed by atoms with E-state index in [-0.39, 0.29) is 46.5 Å². The quantitative estimate of drug-likeness (QED) is 0.406. The second-order valence-corrected chi connectivity index (χ2v) is 4.14. The second-order valence-electron chi connectivity index (χ2n) is 4.14. The molecule has 1 atom stereocenters. The van der Waals surface area contributed by atoms with Crippen molar-refractivity contribution < 1.29 is 46.5 Å². The fourth-order valence-corrected chi connectivity index (χ4v) is 2.25. The summed E-state index contributed by atoms with van der Waals surface area (Å²) in [6.07, 6.45) is 10.6. The van der Waals surface area contributed by atoms with Crippen molar-refractivity contribution >= 4 is 0 Å². The fraction of sp³-hybridized carbons (Fsp3) is 0.200. The molecule has 1 fully saturated rings. The third-order valence-corrected chi connectivity index (χ3v) is 3.20. The molecule has 1 unspecified atom stereocenters. The molecule has 2 aliphatic rings. The Kier molecular flexibility index (Phi) is 8.44. The van der Waals surface area contributed by atoms with Gasteiger partial charge in [0.2, 0.25) is 0 Å². The number of hydrogen-bond acceptors (Lipinski definition) is 0. The van der Waals surface area contributed by atoms with Gasteiger partial charge in [-0.3, -0.25) is 0 Å².